The molecular weight excluding hydrogens is 572 g/mol. The lowest BCUT2D eigenvalue weighted by Crippen LogP contribution is -2.29. The number of carbonyl (C=O) groups excluding carboxylic acids is 4. The van der Waals surface area contributed by atoms with E-state index < -0.39 is 24.1 Å². The minimum Gasteiger partial charge on any atom is -0.460 e. The average molecular weight is 627 g/mol. The lowest BCUT2D eigenvalue weighted by atomic mass is 9.82. The van der Waals surface area contributed by atoms with Gasteiger partial charge in [0.2, 0.25) is 0 Å². The van der Waals surface area contributed by atoms with Crippen LogP contribution in [0.1, 0.15) is 66.2 Å². The zero-order chi connectivity index (χ0) is 32.7. The minimum atomic E-state index is -0.559. The van der Waals surface area contributed by atoms with Crippen LogP contribution in [0.4, 0.5) is 9.59 Å². The van der Waals surface area contributed by atoms with E-state index in [1.807, 2.05) is 13.8 Å². The van der Waals surface area contributed by atoms with E-state index in [1.54, 1.807) is 52.4 Å². The molecule has 4 unspecified atom stereocenters. The van der Waals surface area contributed by atoms with Crippen LogP contribution in [0.25, 0.3) is 0 Å². The van der Waals surface area contributed by atoms with Crippen molar-refractivity contribution in [2.45, 2.75) is 66.2 Å². The molecule has 12 heteroatoms. The summed E-state index contributed by atoms with van der Waals surface area (Å²) in [5.74, 6) is 3.85. The number of nitrogens with one attached hydrogen (secondary N) is 2. The molecule has 252 valence electrons. The monoisotopic (exact) mass is 626 g/mol. The van der Waals surface area contributed by atoms with E-state index in [2.05, 4.69) is 23.8 Å². The Morgan fingerprint density at radius 3 is 1.39 bits per heavy atom. The smallest absolute Gasteiger partial charge is 0.407 e. The highest BCUT2D eigenvalue weighted by molar-refractivity contribution is 5.87. The number of rotatable bonds is 16. The van der Waals surface area contributed by atoms with Gasteiger partial charge in [0.1, 0.15) is 26.4 Å². The summed E-state index contributed by atoms with van der Waals surface area (Å²) in [5, 5.41) is 4.86. The topological polar surface area (TPSA) is 148 Å². The van der Waals surface area contributed by atoms with Crippen molar-refractivity contribution in [3.8, 4) is 0 Å². The molecule has 3 aliphatic carbocycles. The first-order valence-corrected chi connectivity index (χ1v) is 15.7. The highest BCUT2D eigenvalue weighted by atomic mass is 16.6. The van der Waals surface area contributed by atoms with Gasteiger partial charge in [0.15, 0.2) is 0 Å². The first-order chi connectivity index (χ1) is 21.1. The third-order valence-corrected chi connectivity index (χ3v) is 7.59. The second kappa shape index (κ2) is 23.3. The van der Waals surface area contributed by atoms with E-state index in [-0.39, 0.29) is 39.5 Å². The van der Waals surface area contributed by atoms with Crippen LogP contribution in [-0.4, -0.2) is 90.1 Å². The fourth-order valence-electron chi connectivity index (χ4n) is 5.64. The largest absolute Gasteiger partial charge is 0.460 e. The Morgan fingerprint density at radius 1 is 0.614 bits per heavy atom. The molecule has 0 aromatic carbocycles. The maximum absolute atomic E-state index is 11.0. The van der Waals surface area contributed by atoms with Crippen molar-refractivity contribution in [3.05, 3.63) is 24.3 Å². The predicted octanol–water partition coefficient (Wildman–Crippen LogP) is 4.57. The quantitative estimate of drug-likeness (QED) is 0.108. The molecule has 12 nitrogen and oxygen atoms in total. The summed E-state index contributed by atoms with van der Waals surface area (Å²) in [6.07, 6.45) is 8.42. The van der Waals surface area contributed by atoms with E-state index in [1.165, 1.54) is 23.7 Å². The van der Waals surface area contributed by atoms with E-state index >= 15 is 0 Å². The van der Waals surface area contributed by atoms with E-state index in [9.17, 15) is 19.2 Å². The van der Waals surface area contributed by atoms with Gasteiger partial charge in [-0.05, 0) is 83.5 Å². The summed E-state index contributed by atoms with van der Waals surface area (Å²) in [4.78, 5) is 44.0. The third kappa shape index (κ3) is 16.7. The second-order valence-corrected chi connectivity index (χ2v) is 10.9. The molecule has 3 saturated carbocycles. The van der Waals surface area contributed by atoms with Gasteiger partial charge in [-0.25, -0.2) is 19.2 Å². The normalized spacial score (nSPS) is 20.5. The number of hydrogen-bond acceptors (Lipinski definition) is 10. The Kier molecular flexibility index (Phi) is 20.6. The number of esters is 2. The lowest BCUT2D eigenvalue weighted by molar-refractivity contribution is -0.139. The minimum absolute atomic E-state index is 0.0895. The molecular formula is C32H54N2O10. The highest BCUT2D eigenvalue weighted by Crippen LogP contribution is 2.58. The third-order valence-electron chi connectivity index (χ3n) is 7.59. The lowest BCUT2D eigenvalue weighted by Gasteiger charge is -2.23. The first-order valence-electron chi connectivity index (χ1n) is 15.7. The Hall–Kier alpha value is -3.12. The second-order valence-electron chi connectivity index (χ2n) is 10.9. The molecule has 0 heterocycles. The maximum Gasteiger partial charge on any atom is 0.407 e. The molecule has 0 radical (unpaired) electrons. The number of amides is 2. The molecule has 2 N–H and O–H groups in total. The molecule has 0 saturated heterocycles. The van der Waals surface area contributed by atoms with Crippen LogP contribution in [0.5, 0.6) is 0 Å². The Bertz CT molecular complexity index is 839. The van der Waals surface area contributed by atoms with Crippen LogP contribution in [0.2, 0.25) is 0 Å². The summed E-state index contributed by atoms with van der Waals surface area (Å²) in [6, 6.07) is 0. The van der Waals surface area contributed by atoms with Crippen LogP contribution < -0.4 is 10.6 Å². The summed E-state index contributed by atoms with van der Waals surface area (Å²) in [7, 11) is 0. The van der Waals surface area contributed by atoms with Crippen LogP contribution in [-0.2, 0) is 38.0 Å². The summed E-state index contributed by atoms with van der Waals surface area (Å²) in [6.45, 7) is 16.6. The summed E-state index contributed by atoms with van der Waals surface area (Å²) >= 11 is 0. The van der Waals surface area contributed by atoms with Gasteiger partial charge in [0.25, 0.3) is 0 Å². The van der Waals surface area contributed by atoms with Gasteiger partial charge < -0.3 is 39.1 Å². The van der Waals surface area contributed by atoms with Crippen LogP contribution in [0.15, 0.2) is 24.3 Å². The summed E-state index contributed by atoms with van der Waals surface area (Å²) in [5.41, 5.74) is 0.647. The Morgan fingerprint density at radius 2 is 1.02 bits per heavy atom. The Balaban J connectivity index is 0.000000338. The molecule has 44 heavy (non-hydrogen) atoms. The van der Waals surface area contributed by atoms with Crippen molar-refractivity contribution in [2.24, 2.45) is 23.7 Å². The van der Waals surface area contributed by atoms with Gasteiger partial charge in [-0.2, -0.15) is 0 Å². The fraction of sp³-hybridized carbons (Fsp3) is 0.750. The molecule has 0 aromatic rings. The van der Waals surface area contributed by atoms with Gasteiger partial charge in [-0.15, -0.1) is 0 Å². The van der Waals surface area contributed by atoms with Crippen LogP contribution in [0, 0.1) is 23.7 Å². The van der Waals surface area contributed by atoms with E-state index in [4.69, 9.17) is 28.4 Å². The molecule has 0 aliphatic heterocycles. The number of carbonyl (C=O) groups is 4. The molecule has 2 amide bonds. The van der Waals surface area contributed by atoms with Gasteiger partial charge >= 0.3 is 24.1 Å². The van der Waals surface area contributed by atoms with Gasteiger partial charge in [-0.1, -0.05) is 19.6 Å². The number of alkyl carbamates (subject to hydrolysis) is 2. The standard InChI is InChI=1S/2C11H19NO5.C10H16/c2*1-4-15-7-8-17-11(14)12-5-6-16-10(13)9(2)3;1-2-9-7-4-5-8(6-7)10(9)3-1/h2*2,4-8H2,1,3H3,(H,12,14);7-10H,1-6H2. The van der Waals surface area contributed by atoms with Crippen molar-refractivity contribution in [3.63, 3.8) is 0 Å². The van der Waals surface area contributed by atoms with Crippen LogP contribution >= 0.6 is 0 Å². The average Bonchev–Trinajstić information content (AvgIpc) is 3.75. The van der Waals surface area contributed by atoms with Crippen molar-refractivity contribution in [2.75, 3.05) is 65.9 Å². The molecule has 3 fully saturated rings. The van der Waals surface area contributed by atoms with Crippen LogP contribution in [0.3, 0.4) is 0 Å². The van der Waals surface area contributed by atoms with Crippen molar-refractivity contribution < 1.29 is 47.6 Å². The van der Waals surface area contributed by atoms with E-state index in [0.29, 0.717) is 37.6 Å². The van der Waals surface area contributed by atoms with Crippen molar-refractivity contribution in [1.29, 1.82) is 0 Å². The predicted molar refractivity (Wildman–Crippen MR) is 165 cm³/mol. The Labute approximate surface area is 262 Å². The molecule has 0 aromatic heterocycles. The SMILES string of the molecule is C1CC2C3CCC(C3)C2C1.C=C(C)C(=O)OCCNC(=O)OCCOCC.C=C(C)C(=O)OCCNC(=O)OCCOCC. The maximum atomic E-state index is 11.0. The number of fused-ring (bicyclic) bond motifs is 5. The highest BCUT2D eigenvalue weighted by Gasteiger charge is 2.48. The molecule has 4 atom stereocenters. The van der Waals surface area contributed by atoms with Gasteiger partial charge in [0.05, 0.1) is 26.3 Å². The first kappa shape index (κ1) is 38.9. The molecule has 3 rings (SSSR count). The van der Waals surface area contributed by atoms with Gasteiger partial charge in [-0.3, -0.25) is 0 Å². The molecule has 0 spiro atoms. The molecule has 3 aliphatic rings. The number of hydrogen-bond donors (Lipinski definition) is 2. The number of ether oxygens (including phenoxy) is 6. The zero-order valence-corrected chi connectivity index (χ0v) is 27.1. The van der Waals surface area contributed by atoms with E-state index in [0.717, 1.165) is 0 Å². The zero-order valence-electron chi connectivity index (χ0n) is 27.1. The fourth-order valence-corrected chi connectivity index (χ4v) is 5.64. The van der Waals surface area contributed by atoms with Crippen molar-refractivity contribution >= 4 is 24.1 Å². The molecule has 2 bridgehead atoms. The van der Waals surface area contributed by atoms with Gasteiger partial charge in [0, 0.05) is 24.4 Å². The van der Waals surface area contributed by atoms with Crippen molar-refractivity contribution in [1.82, 2.24) is 10.6 Å². The summed E-state index contributed by atoms with van der Waals surface area (Å²) < 4.78 is 29.0.